The number of ether oxygens (including phenoxy) is 1. The third kappa shape index (κ3) is 2.22. The van der Waals surface area contributed by atoms with Crippen LogP contribution in [0.3, 0.4) is 0 Å². The van der Waals surface area contributed by atoms with E-state index in [4.69, 9.17) is 10.5 Å². The molecule has 2 heterocycles. The number of primary amides is 1. The minimum Gasteiger partial charge on any atom is -0.477 e. The molecule has 106 valence electrons. The second kappa shape index (κ2) is 5.13. The Hall–Kier alpha value is -2.08. The molecule has 3 rings (SSSR count). The molecule has 1 unspecified atom stereocenters. The normalized spacial score (nSPS) is 24.9. The molecule has 6 nitrogen and oxygen atoms in total. The van der Waals surface area contributed by atoms with E-state index >= 15 is 0 Å². The molecule has 1 fully saturated rings. The fourth-order valence-electron chi connectivity index (χ4n) is 2.67. The number of hydrogen-bond donors (Lipinski definition) is 2. The van der Waals surface area contributed by atoms with Crippen molar-refractivity contribution in [3.63, 3.8) is 0 Å². The van der Waals surface area contributed by atoms with Crippen molar-refractivity contribution in [1.29, 1.82) is 0 Å². The van der Waals surface area contributed by atoms with Crippen LogP contribution in [0, 0.1) is 0 Å². The van der Waals surface area contributed by atoms with Crippen molar-refractivity contribution in [2.45, 2.75) is 25.0 Å². The van der Waals surface area contributed by atoms with E-state index in [1.807, 2.05) is 12.1 Å². The summed E-state index contributed by atoms with van der Waals surface area (Å²) in [6, 6.07) is 7.02. The second-order valence-corrected chi connectivity index (χ2v) is 5.07. The van der Waals surface area contributed by atoms with Crippen LogP contribution in [0.5, 0.6) is 5.75 Å². The highest BCUT2D eigenvalue weighted by Gasteiger charge is 2.36. The Kier molecular flexibility index (Phi) is 3.31. The maximum absolute atomic E-state index is 12.6. The lowest BCUT2D eigenvalue weighted by molar-refractivity contribution is -0.125. The number of anilines is 1. The predicted molar refractivity (Wildman–Crippen MR) is 73.4 cm³/mol. The molecular formula is C14H17N3O3. The van der Waals surface area contributed by atoms with Gasteiger partial charge in [0.15, 0.2) is 6.10 Å². The first-order valence-corrected chi connectivity index (χ1v) is 6.76. The van der Waals surface area contributed by atoms with E-state index in [1.165, 1.54) is 0 Å². The molecule has 3 N–H and O–H groups in total. The Bertz CT molecular complexity index is 540. The Morgan fingerprint density at radius 3 is 2.85 bits per heavy atom. The molecule has 0 spiro atoms. The zero-order valence-corrected chi connectivity index (χ0v) is 11.0. The fraction of sp³-hybridized carbons (Fsp3) is 0.429. The predicted octanol–water partition coefficient (Wildman–Crippen LogP) is 0.0179. The van der Waals surface area contributed by atoms with Crippen LogP contribution in [0.2, 0.25) is 0 Å². The Balaban J connectivity index is 1.91. The lowest BCUT2D eigenvalue weighted by atomic mass is 10.1. The molecule has 0 aliphatic carbocycles. The van der Waals surface area contributed by atoms with Gasteiger partial charge in [0.25, 0.3) is 5.91 Å². The van der Waals surface area contributed by atoms with Crippen LogP contribution >= 0.6 is 0 Å². The highest BCUT2D eigenvalue weighted by molar-refractivity contribution is 6.00. The summed E-state index contributed by atoms with van der Waals surface area (Å²) in [5.41, 5.74) is 6.02. The second-order valence-electron chi connectivity index (χ2n) is 5.07. The summed E-state index contributed by atoms with van der Waals surface area (Å²) in [7, 11) is 0. The number of nitrogens with zero attached hydrogens (tertiary/aromatic N) is 1. The molecule has 1 saturated heterocycles. The highest BCUT2D eigenvalue weighted by atomic mass is 16.5. The Morgan fingerprint density at radius 1 is 1.35 bits per heavy atom. The molecule has 20 heavy (non-hydrogen) atoms. The number of fused-ring (bicyclic) bond motifs is 1. The van der Waals surface area contributed by atoms with Crippen LogP contribution in [0.4, 0.5) is 5.69 Å². The molecule has 1 aromatic rings. The zero-order valence-electron chi connectivity index (χ0n) is 11.0. The summed E-state index contributed by atoms with van der Waals surface area (Å²) in [5, 5.41) is 3.18. The Labute approximate surface area is 116 Å². The number of hydrogen-bond acceptors (Lipinski definition) is 4. The van der Waals surface area contributed by atoms with Crippen LogP contribution in [-0.2, 0) is 9.59 Å². The largest absolute Gasteiger partial charge is 0.477 e. The first kappa shape index (κ1) is 12.9. The van der Waals surface area contributed by atoms with Crippen LogP contribution in [0.15, 0.2) is 24.3 Å². The van der Waals surface area contributed by atoms with E-state index in [9.17, 15) is 9.59 Å². The van der Waals surface area contributed by atoms with Gasteiger partial charge in [-0.25, -0.2) is 0 Å². The fourth-order valence-corrected chi connectivity index (χ4v) is 2.67. The number of carbonyl (C=O) groups excluding carboxylic acids is 2. The van der Waals surface area contributed by atoms with Gasteiger partial charge in [-0.15, -0.1) is 0 Å². The lowest BCUT2D eigenvalue weighted by Crippen LogP contribution is -2.53. The number of nitrogens with two attached hydrogens (primary N) is 1. The monoisotopic (exact) mass is 275 g/mol. The number of rotatable bonds is 2. The van der Waals surface area contributed by atoms with Gasteiger partial charge in [0, 0.05) is 0 Å². The smallest absolute Gasteiger partial charge is 0.260 e. The van der Waals surface area contributed by atoms with Crippen molar-refractivity contribution in [2.75, 3.05) is 18.0 Å². The van der Waals surface area contributed by atoms with Gasteiger partial charge in [-0.2, -0.15) is 0 Å². The molecule has 1 aromatic carbocycles. The molecule has 0 bridgehead atoms. The van der Waals surface area contributed by atoms with Crippen LogP contribution in [0.25, 0.3) is 0 Å². The molecule has 2 amide bonds. The molecule has 2 atom stereocenters. The first-order valence-electron chi connectivity index (χ1n) is 6.76. The maximum Gasteiger partial charge on any atom is 0.260 e. The summed E-state index contributed by atoms with van der Waals surface area (Å²) in [4.78, 5) is 25.6. The zero-order chi connectivity index (χ0) is 14.1. The summed E-state index contributed by atoms with van der Waals surface area (Å²) < 4.78 is 5.55. The van der Waals surface area contributed by atoms with E-state index in [-0.39, 0.29) is 18.5 Å². The van der Waals surface area contributed by atoms with Crippen molar-refractivity contribution in [2.24, 2.45) is 5.73 Å². The van der Waals surface area contributed by atoms with Gasteiger partial charge >= 0.3 is 0 Å². The SMILES string of the molecule is NC(=O)C1CN(C(=O)[C@@H]2CCCN2)c2ccccc2O1. The van der Waals surface area contributed by atoms with Crippen LogP contribution < -0.4 is 20.7 Å². The molecular weight excluding hydrogens is 258 g/mol. The quantitative estimate of drug-likeness (QED) is 0.796. The van der Waals surface area contributed by atoms with Gasteiger partial charge in [0.2, 0.25) is 5.91 Å². The van der Waals surface area contributed by atoms with E-state index in [2.05, 4.69) is 5.32 Å². The minimum atomic E-state index is -0.796. The van der Waals surface area contributed by atoms with Crippen molar-refractivity contribution >= 4 is 17.5 Å². The van der Waals surface area contributed by atoms with Gasteiger partial charge in [-0.1, -0.05) is 12.1 Å². The van der Waals surface area contributed by atoms with Crippen molar-refractivity contribution in [3.8, 4) is 5.75 Å². The number of amides is 2. The van der Waals surface area contributed by atoms with Gasteiger partial charge < -0.3 is 20.7 Å². The third-order valence-corrected chi connectivity index (χ3v) is 3.72. The van der Waals surface area contributed by atoms with Gasteiger partial charge in [0.1, 0.15) is 5.75 Å². The van der Waals surface area contributed by atoms with E-state index < -0.39 is 12.0 Å². The third-order valence-electron chi connectivity index (χ3n) is 3.72. The Morgan fingerprint density at radius 2 is 2.15 bits per heavy atom. The highest BCUT2D eigenvalue weighted by Crippen LogP contribution is 2.33. The van der Waals surface area contributed by atoms with Gasteiger partial charge in [-0.3, -0.25) is 9.59 Å². The summed E-state index contributed by atoms with van der Waals surface area (Å²) >= 11 is 0. The average Bonchev–Trinajstić information content (AvgIpc) is 2.99. The molecule has 6 heteroatoms. The number of para-hydroxylation sites is 2. The molecule has 0 radical (unpaired) electrons. The average molecular weight is 275 g/mol. The van der Waals surface area contributed by atoms with Crippen molar-refractivity contribution < 1.29 is 14.3 Å². The molecule has 0 aromatic heterocycles. The van der Waals surface area contributed by atoms with E-state index in [1.54, 1.807) is 17.0 Å². The molecule has 2 aliphatic heterocycles. The molecule has 2 aliphatic rings. The number of nitrogens with one attached hydrogen (secondary N) is 1. The van der Waals surface area contributed by atoms with Crippen molar-refractivity contribution in [3.05, 3.63) is 24.3 Å². The van der Waals surface area contributed by atoms with Crippen LogP contribution in [0.1, 0.15) is 12.8 Å². The van der Waals surface area contributed by atoms with Crippen LogP contribution in [-0.4, -0.2) is 37.0 Å². The maximum atomic E-state index is 12.6. The lowest BCUT2D eigenvalue weighted by Gasteiger charge is -2.34. The first-order chi connectivity index (χ1) is 9.66. The number of benzene rings is 1. The minimum absolute atomic E-state index is 0.0236. The van der Waals surface area contributed by atoms with Gasteiger partial charge in [0.05, 0.1) is 18.3 Å². The van der Waals surface area contributed by atoms with E-state index in [0.29, 0.717) is 11.4 Å². The summed E-state index contributed by atoms with van der Waals surface area (Å²) in [6.45, 7) is 1.02. The topological polar surface area (TPSA) is 84.7 Å². The standard InChI is InChI=1S/C14H17N3O3/c15-13(18)12-8-17(14(19)9-4-3-7-16-9)10-5-1-2-6-11(10)20-12/h1-2,5-6,9,12,16H,3-4,7-8H2,(H2,15,18)/t9-,12?/m0/s1. The number of carbonyl (C=O) groups is 2. The van der Waals surface area contributed by atoms with Gasteiger partial charge in [-0.05, 0) is 31.5 Å². The van der Waals surface area contributed by atoms with E-state index in [0.717, 1.165) is 19.4 Å². The summed E-state index contributed by atoms with van der Waals surface area (Å²) in [6.07, 6.45) is 1.01. The van der Waals surface area contributed by atoms with Crippen molar-refractivity contribution in [1.82, 2.24) is 5.32 Å². The summed E-state index contributed by atoms with van der Waals surface area (Å²) in [5.74, 6) is -0.0601. The molecule has 0 saturated carbocycles.